The van der Waals surface area contributed by atoms with Gasteiger partial charge >= 0.3 is 11.6 Å². The molecule has 0 radical (unpaired) electrons. The van der Waals surface area contributed by atoms with Crippen LogP contribution in [0.15, 0.2) is 75.9 Å². The molecule has 0 saturated carbocycles. The second kappa shape index (κ2) is 5.70. The van der Waals surface area contributed by atoms with Crippen molar-refractivity contribution >= 4 is 33.3 Å². The highest BCUT2D eigenvalue weighted by Gasteiger charge is 2.12. The monoisotopic (exact) mass is 320 g/mol. The van der Waals surface area contributed by atoms with E-state index in [2.05, 4.69) is 10.3 Å². The van der Waals surface area contributed by atoms with Crippen LogP contribution in [0.5, 0.6) is 0 Å². The van der Waals surface area contributed by atoms with Crippen molar-refractivity contribution in [3.63, 3.8) is 0 Å². The van der Waals surface area contributed by atoms with Crippen LogP contribution in [0.25, 0.3) is 20.7 Å². The molecule has 0 amide bonds. The zero-order valence-electron chi connectivity index (χ0n) is 12.0. The molecule has 4 aromatic rings. The lowest BCUT2D eigenvalue weighted by Crippen LogP contribution is -2.02. The van der Waals surface area contributed by atoms with E-state index in [1.807, 2.05) is 66.7 Å². The SMILES string of the molecule is O=c1oc(Nc2ccccc2)nc2cc(-c3ccccc3)sc12. The maximum Gasteiger partial charge on any atom is 0.358 e. The zero-order valence-corrected chi connectivity index (χ0v) is 12.8. The van der Waals surface area contributed by atoms with Gasteiger partial charge in [0, 0.05) is 10.6 Å². The molecule has 2 heterocycles. The zero-order chi connectivity index (χ0) is 15.6. The second-order valence-electron chi connectivity index (χ2n) is 4.99. The van der Waals surface area contributed by atoms with Crippen LogP contribution >= 0.6 is 11.3 Å². The van der Waals surface area contributed by atoms with Crippen LogP contribution in [0, 0.1) is 0 Å². The van der Waals surface area contributed by atoms with E-state index in [0.29, 0.717) is 10.2 Å². The predicted molar refractivity (Wildman–Crippen MR) is 93.3 cm³/mol. The average Bonchev–Trinajstić information content (AvgIpc) is 3.01. The molecule has 1 N–H and O–H groups in total. The van der Waals surface area contributed by atoms with Gasteiger partial charge in [-0.05, 0) is 23.8 Å². The molecule has 2 aromatic carbocycles. The van der Waals surface area contributed by atoms with Crippen LogP contribution in [0.1, 0.15) is 0 Å². The van der Waals surface area contributed by atoms with E-state index in [4.69, 9.17) is 4.42 Å². The minimum Gasteiger partial charge on any atom is -0.388 e. The highest BCUT2D eigenvalue weighted by molar-refractivity contribution is 7.22. The van der Waals surface area contributed by atoms with Crippen molar-refractivity contribution in [1.29, 1.82) is 0 Å². The Morgan fingerprint density at radius 2 is 1.65 bits per heavy atom. The first kappa shape index (κ1) is 13.7. The average molecular weight is 320 g/mol. The van der Waals surface area contributed by atoms with Crippen LogP contribution in [0.3, 0.4) is 0 Å². The summed E-state index contributed by atoms with van der Waals surface area (Å²) in [6.07, 6.45) is 0. The van der Waals surface area contributed by atoms with E-state index in [0.717, 1.165) is 16.1 Å². The number of nitrogens with one attached hydrogen (secondary N) is 1. The van der Waals surface area contributed by atoms with Gasteiger partial charge in [0.25, 0.3) is 0 Å². The van der Waals surface area contributed by atoms with Crippen molar-refractivity contribution < 1.29 is 4.42 Å². The molecular formula is C18H12N2O2S. The Kier molecular flexibility index (Phi) is 3.40. The molecule has 0 fully saturated rings. The number of hydrogen-bond acceptors (Lipinski definition) is 5. The van der Waals surface area contributed by atoms with Crippen LogP contribution < -0.4 is 10.9 Å². The van der Waals surface area contributed by atoms with Gasteiger partial charge in [-0.25, -0.2) is 4.79 Å². The van der Waals surface area contributed by atoms with E-state index in [9.17, 15) is 4.79 Å². The minimum absolute atomic E-state index is 0.200. The molecule has 112 valence electrons. The summed E-state index contributed by atoms with van der Waals surface area (Å²) in [5, 5.41) is 3.01. The van der Waals surface area contributed by atoms with Gasteiger partial charge in [-0.15, -0.1) is 11.3 Å². The first-order valence-corrected chi connectivity index (χ1v) is 7.93. The van der Waals surface area contributed by atoms with Crippen molar-refractivity contribution in [1.82, 2.24) is 4.98 Å². The fourth-order valence-electron chi connectivity index (χ4n) is 2.32. The highest BCUT2D eigenvalue weighted by atomic mass is 32.1. The summed E-state index contributed by atoms with van der Waals surface area (Å²) in [4.78, 5) is 17.6. The van der Waals surface area contributed by atoms with Gasteiger partial charge in [-0.3, -0.25) is 0 Å². The molecule has 5 heteroatoms. The van der Waals surface area contributed by atoms with Crippen LogP contribution in [-0.4, -0.2) is 4.98 Å². The number of benzene rings is 2. The van der Waals surface area contributed by atoms with E-state index < -0.39 is 0 Å². The number of fused-ring (bicyclic) bond motifs is 1. The van der Waals surface area contributed by atoms with E-state index >= 15 is 0 Å². The summed E-state index contributed by atoms with van der Waals surface area (Å²) in [7, 11) is 0. The Morgan fingerprint density at radius 1 is 0.957 bits per heavy atom. The molecule has 23 heavy (non-hydrogen) atoms. The van der Waals surface area contributed by atoms with Crippen molar-refractivity contribution in [3.8, 4) is 10.4 Å². The van der Waals surface area contributed by atoms with Crippen molar-refractivity contribution in [2.24, 2.45) is 0 Å². The van der Waals surface area contributed by atoms with Gasteiger partial charge in [0.1, 0.15) is 4.70 Å². The van der Waals surface area contributed by atoms with Crippen LogP contribution in [0.2, 0.25) is 0 Å². The van der Waals surface area contributed by atoms with Gasteiger partial charge < -0.3 is 9.73 Å². The van der Waals surface area contributed by atoms with Crippen LogP contribution in [0.4, 0.5) is 11.7 Å². The van der Waals surface area contributed by atoms with Crippen molar-refractivity contribution in [2.45, 2.75) is 0 Å². The molecule has 0 aliphatic carbocycles. The van der Waals surface area contributed by atoms with E-state index in [1.54, 1.807) is 0 Å². The topological polar surface area (TPSA) is 55.1 Å². The fourth-order valence-corrected chi connectivity index (χ4v) is 3.30. The molecular weight excluding hydrogens is 308 g/mol. The smallest absolute Gasteiger partial charge is 0.358 e. The molecule has 0 aliphatic rings. The summed E-state index contributed by atoms with van der Waals surface area (Å²) < 4.78 is 5.81. The Hall–Kier alpha value is -2.92. The maximum atomic E-state index is 12.2. The number of hydrogen-bond donors (Lipinski definition) is 1. The first-order chi connectivity index (χ1) is 11.3. The summed E-state index contributed by atoms with van der Waals surface area (Å²) in [6, 6.07) is 21.5. The lowest BCUT2D eigenvalue weighted by molar-refractivity contribution is 0.523. The quantitative estimate of drug-likeness (QED) is 0.596. The van der Waals surface area contributed by atoms with Crippen molar-refractivity contribution in [3.05, 3.63) is 77.2 Å². The number of nitrogens with zero attached hydrogens (tertiary/aromatic N) is 1. The molecule has 0 spiro atoms. The fraction of sp³-hybridized carbons (Fsp3) is 0. The number of para-hydroxylation sites is 1. The first-order valence-electron chi connectivity index (χ1n) is 7.12. The number of anilines is 2. The molecule has 0 atom stereocenters. The third kappa shape index (κ3) is 2.74. The summed E-state index contributed by atoms with van der Waals surface area (Å²) in [6.45, 7) is 0. The van der Waals surface area contributed by atoms with Gasteiger partial charge in [0.05, 0.1) is 5.52 Å². The number of rotatable bonds is 3. The summed E-state index contributed by atoms with van der Waals surface area (Å²) >= 11 is 1.40. The molecule has 4 nitrogen and oxygen atoms in total. The molecule has 0 aliphatic heterocycles. The normalized spacial score (nSPS) is 10.8. The van der Waals surface area contributed by atoms with Crippen molar-refractivity contribution in [2.75, 3.05) is 5.32 Å². The lowest BCUT2D eigenvalue weighted by atomic mass is 10.2. The number of thiophene rings is 1. The highest BCUT2D eigenvalue weighted by Crippen LogP contribution is 2.31. The predicted octanol–water partition coefficient (Wildman–Crippen LogP) is 4.66. The molecule has 4 rings (SSSR count). The third-order valence-electron chi connectivity index (χ3n) is 3.39. The number of aromatic nitrogens is 1. The Labute approximate surface area is 136 Å². The molecule has 2 aromatic heterocycles. The maximum absolute atomic E-state index is 12.2. The minimum atomic E-state index is -0.374. The molecule has 0 saturated heterocycles. The van der Waals surface area contributed by atoms with E-state index in [-0.39, 0.29) is 11.6 Å². The molecule has 0 unspecified atom stereocenters. The second-order valence-corrected chi connectivity index (χ2v) is 6.04. The Morgan fingerprint density at radius 3 is 2.39 bits per heavy atom. The summed E-state index contributed by atoms with van der Waals surface area (Å²) in [5.74, 6) is 0. The van der Waals surface area contributed by atoms with Crippen LogP contribution in [-0.2, 0) is 0 Å². The Bertz CT molecular complexity index is 1010. The molecule has 0 bridgehead atoms. The van der Waals surface area contributed by atoms with Gasteiger partial charge in [0.2, 0.25) is 0 Å². The Balaban J connectivity index is 1.77. The van der Waals surface area contributed by atoms with E-state index in [1.165, 1.54) is 11.3 Å². The third-order valence-corrected chi connectivity index (χ3v) is 4.55. The standard InChI is InChI=1S/C18H12N2O2S/c21-17-16-14(11-15(23-16)12-7-3-1-4-8-12)20-18(22-17)19-13-9-5-2-6-10-13/h1-11H,(H,19,20). The summed E-state index contributed by atoms with van der Waals surface area (Å²) in [5.41, 5.74) is 2.15. The van der Waals surface area contributed by atoms with Gasteiger partial charge in [0.15, 0.2) is 0 Å². The lowest BCUT2D eigenvalue weighted by Gasteiger charge is -2.02. The van der Waals surface area contributed by atoms with Gasteiger partial charge in [-0.2, -0.15) is 4.98 Å². The largest absolute Gasteiger partial charge is 0.388 e. The van der Waals surface area contributed by atoms with Gasteiger partial charge in [-0.1, -0.05) is 48.5 Å².